The molecule has 1 aromatic carbocycles. The molecule has 0 unspecified atom stereocenters. The Labute approximate surface area is 173 Å². The smallest absolute Gasteiger partial charge is 0.286 e. The highest BCUT2D eigenvalue weighted by Gasteiger charge is 2.14. The third kappa shape index (κ3) is 6.57. The lowest BCUT2D eigenvalue weighted by Crippen LogP contribution is -2.38. The van der Waals surface area contributed by atoms with Crippen LogP contribution < -0.4 is 10.6 Å². The number of benzene rings is 1. The lowest BCUT2D eigenvalue weighted by atomic mass is 10.2. The summed E-state index contributed by atoms with van der Waals surface area (Å²) in [5.41, 5.74) is 1.02. The second-order valence-electron chi connectivity index (χ2n) is 6.53. The monoisotopic (exact) mass is 419 g/mol. The van der Waals surface area contributed by atoms with Crippen molar-refractivity contribution in [1.29, 1.82) is 0 Å². The first kappa shape index (κ1) is 21.3. The normalized spacial score (nSPS) is 14.5. The van der Waals surface area contributed by atoms with Crippen molar-refractivity contribution in [3.8, 4) is 0 Å². The van der Waals surface area contributed by atoms with E-state index >= 15 is 0 Å². The molecule has 3 rings (SSSR count). The first-order chi connectivity index (χ1) is 14.2. The molecule has 1 aliphatic heterocycles. The number of nitrogens with one attached hydrogen (secondary N) is 2. The quantitative estimate of drug-likeness (QED) is 0.592. The molecule has 10 heteroatoms. The minimum Gasteiger partial charge on any atom is -0.379 e. The number of nitrogens with zero attached hydrogens (tertiary/aromatic N) is 3. The van der Waals surface area contributed by atoms with Crippen LogP contribution in [0.1, 0.15) is 31.6 Å². The zero-order valence-electron chi connectivity index (χ0n) is 16.3. The summed E-state index contributed by atoms with van der Waals surface area (Å²) >= 11 is 1.17. The second-order valence-corrected chi connectivity index (χ2v) is 7.59. The summed E-state index contributed by atoms with van der Waals surface area (Å²) in [4.78, 5) is 27.0. The zero-order chi connectivity index (χ0) is 20.5. The van der Waals surface area contributed by atoms with Crippen LogP contribution in [-0.4, -0.2) is 73.4 Å². The fourth-order valence-corrected chi connectivity index (χ4v) is 3.59. The number of methoxy groups -OCH3 is 1. The Bertz CT molecular complexity index is 822. The van der Waals surface area contributed by atoms with Crippen LogP contribution in [0.25, 0.3) is 0 Å². The number of rotatable bonds is 9. The number of carbonyl (C=O) groups excluding carboxylic acids is 2. The van der Waals surface area contributed by atoms with Crippen LogP contribution in [0.5, 0.6) is 0 Å². The van der Waals surface area contributed by atoms with Gasteiger partial charge in [0.15, 0.2) is 0 Å². The minimum absolute atomic E-state index is 0.165. The van der Waals surface area contributed by atoms with E-state index in [0.717, 1.165) is 39.3 Å². The fourth-order valence-electron chi connectivity index (χ4n) is 2.88. The van der Waals surface area contributed by atoms with E-state index in [1.165, 1.54) is 11.3 Å². The van der Waals surface area contributed by atoms with Crippen LogP contribution in [0.4, 0.5) is 5.69 Å². The van der Waals surface area contributed by atoms with Gasteiger partial charge in [-0.05, 0) is 31.2 Å². The highest BCUT2D eigenvalue weighted by Crippen LogP contribution is 2.15. The van der Waals surface area contributed by atoms with E-state index in [0.29, 0.717) is 29.4 Å². The number of carbonyl (C=O) groups is 2. The predicted molar refractivity (Wildman–Crippen MR) is 109 cm³/mol. The number of anilines is 1. The molecule has 0 saturated carbocycles. The van der Waals surface area contributed by atoms with E-state index in [2.05, 4.69) is 25.7 Å². The first-order valence-electron chi connectivity index (χ1n) is 9.47. The largest absolute Gasteiger partial charge is 0.379 e. The van der Waals surface area contributed by atoms with E-state index in [1.54, 1.807) is 31.4 Å². The Kier molecular flexibility index (Phi) is 8.05. The average molecular weight is 420 g/mol. The van der Waals surface area contributed by atoms with Gasteiger partial charge in [0.1, 0.15) is 5.01 Å². The summed E-state index contributed by atoms with van der Waals surface area (Å²) in [6, 6.07) is 6.82. The van der Waals surface area contributed by atoms with Crippen molar-refractivity contribution in [3.05, 3.63) is 39.8 Å². The summed E-state index contributed by atoms with van der Waals surface area (Å²) in [5.74, 6) is -0.533. The van der Waals surface area contributed by atoms with Gasteiger partial charge >= 0.3 is 0 Å². The lowest BCUT2D eigenvalue weighted by Gasteiger charge is -2.26. The van der Waals surface area contributed by atoms with Gasteiger partial charge in [0.2, 0.25) is 5.01 Å². The molecule has 1 fully saturated rings. The molecule has 0 bridgehead atoms. The number of morpholine rings is 1. The lowest BCUT2D eigenvalue weighted by molar-refractivity contribution is 0.0374. The van der Waals surface area contributed by atoms with Gasteiger partial charge in [-0.2, -0.15) is 0 Å². The van der Waals surface area contributed by atoms with Gasteiger partial charge in [-0.1, -0.05) is 17.4 Å². The van der Waals surface area contributed by atoms with Crippen molar-refractivity contribution in [2.45, 2.75) is 13.0 Å². The van der Waals surface area contributed by atoms with Gasteiger partial charge in [0.05, 0.1) is 19.8 Å². The highest BCUT2D eigenvalue weighted by atomic mass is 32.1. The Morgan fingerprint density at radius 1 is 1.24 bits per heavy atom. The molecule has 2 amide bonds. The Balaban J connectivity index is 1.47. The maximum absolute atomic E-state index is 12.4. The maximum atomic E-state index is 12.4. The molecule has 2 aromatic rings. The van der Waals surface area contributed by atoms with Crippen molar-refractivity contribution < 1.29 is 19.1 Å². The molecule has 0 radical (unpaired) electrons. The summed E-state index contributed by atoms with van der Waals surface area (Å²) in [6.45, 7) is 5.28. The number of ether oxygens (including phenoxy) is 2. The highest BCUT2D eigenvalue weighted by molar-refractivity contribution is 7.13. The van der Waals surface area contributed by atoms with Gasteiger partial charge in [0, 0.05) is 38.0 Å². The van der Waals surface area contributed by atoms with Crippen LogP contribution >= 0.6 is 11.3 Å². The fraction of sp³-hybridized carbons (Fsp3) is 0.474. The zero-order valence-corrected chi connectivity index (χ0v) is 17.2. The second kappa shape index (κ2) is 11.0. The van der Waals surface area contributed by atoms with E-state index in [1.807, 2.05) is 0 Å². The van der Waals surface area contributed by atoms with Gasteiger partial charge < -0.3 is 20.1 Å². The van der Waals surface area contributed by atoms with Gasteiger partial charge in [-0.3, -0.25) is 14.5 Å². The molecule has 29 heavy (non-hydrogen) atoms. The van der Waals surface area contributed by atoms with Crippen LogP contribution in [0.3, 0.4) is 0 Å². The minimum atomic E-state index is -0.368. The van der Waals surface area contributed by atoms with E-state index < -0.39 is 0 Å². The van der Waals surface area contributed by atoms with E-state index in [9.17, 15) is 9.59 Å². The number of hydrogen-bond donors (Lipinski definition) is 2. The third-order valence-corrected chi connectivity index (χ3v) is 5.25. The first-order valence-corrected chi connectivity index (χ1v) is 10.3. The standard InChI is InChI=1S/C19H25N5O4S/c1-27-13-16-22-23-19(29-16)18(26)21-15-5-2-4-14(12-15)17(25)20-6-3-7-24-8-10-28-11-9-24/h2,4-5,12H,3,6-11,13H2,1H3,(H,20,25)(H,21,26). The Hall–Kier alpha value is -2.40. The van der Waals surface area contributed by atoms with Crippen molar-refractivity contribution in [1.82, 2.24) is 20.4 Å². The molecule has 1 aliphatic rings. The van der Waals surface area contributed by atoms with E-state index in [-0.39, 0.29) is 16.8 Å². The molecule has 9 nitrogen and oxygen atoms in total. The summed E-state index contributed by atoms with van der Waals surface area (Å²) in [6.07, 6.45) is 0.878. The SMILES string of the molecule is COCc1nnc(C(=O)Nc2cccc(C(=O)NCCCN3CCOCC3)c2)s1. The molecule has 2 heterocycles. The molecule has 0 atom stereocenters. The predicted octanol–water partition coefficient (Wildman–Crippen LogP) is 1.39. The molecule has 156 valence electrons. The molecule has 1 aromatic heterocycles. The van der Waals surface area contributed by atoms with Crippen LogP contribution in [0.15, 0.2) is 24.3 Å². The van der Waals surface area contributed by atoms with Gasteiger partial charge in [0.25, 0.3) is 11.8 Å². The van der Waals surface area contributed by atoms with Crippen molar-refractivity contribution in [2.24, 2.45) is 0 Å². The summed E-state index contributed by atoms with van der Waals surface area (Å²) < 4.78 is 10.3. The molecular weight excluding hydrogens is 394 g/mol. The molecule has 2 N–H and O–H groups in total. The number of amides is 2. The molecule has 0 spiro atoms. The van der Waals surface area contributed by atoms with Crippen molar-refractivity contribution >= 4 is 28.8 Å². The van der Waals surface area contributed by atoms with Crippen LogP contribution in [0.2, 0.25) is 0 Å². The maximum Gasteiger partial charge on any atom is 0.286 e. The summed E-state index contributed by atoms with van der Waals surface area (Å²) in [5, 5.41) is 14.3. The Morgan fingerprint density at radius 2 is 2.07 bits per heavy atom. The van der Waals surface area contributed by atoms with Crippen LogP contribution in [-0.2, 0) is 16.1 Å². The van der Waals surface area contributed by atoms with E-state index in [4.69, 9.17) is 9.47 Å². The Morgan fingerprint density at radius 3 is 2.86 bits per heavy atom. The number of hydrogen-bond acceptors (Lipinski definition) is 8. The molecular formula is C19H25N5O4S. The van der Waals surface area contributed by atoms with Crippen molar-refractivity contribution in [3.63, 3.8) is 0 Å². The van der Waals surface area contributed by atoms with Crippen LogP contribution in [0, 0.1) is 0 Å². The summed E-state index contributed by atoms with van der Waals surface area (Å²) in [7, 11) is 1.56. The average Bonchev–Trinajstić information content (AvgIpc) is 3.21. The van der Waals surface area contributed by atoms with Gasteiger partial charge in [-0.25, -0.2) is 0 Å². The third-order valence-electron chi connectivity index (χ3n) is 4.35. The van der Waals surface area contributed by atoms with Gasteiger partial charge in [-0.15, -0.1) is 10.2 Å². The topological polar surface area (TPSA) is 106 Å². The van der Waals surface area contributed by atoms with Crippen molar-refractivity contribution in [2.75, 3.05) is 51.8 Å². The molecule has 1 saturated heterocycles. The number of aromatic nitrogens is 2. The molecule has 0 aliphatic carbocycles.